The molecule has 0 atom stereocenters. The lowest BCUT2D eigenvalue weighted by Gasteiger charge is -2.29. The lowest BCUT2D eigenvalue weighted by atomic mass is 10.0. The van der Waals surface area contributed by atoms with Gasteiger partial charge in [0.15, 0.2) is 0 Å². The standard InChI is InChI=1S/C22H19ClN2O2/c23-18-9-3-6-16(14-18)15-24-12-5-10-19(21(24)26)22(27)25-13-4-8-17-7-1-2-11-20(17)25/h1-3,5-7,9-12,14H,4,8,13,15H2. The summed E-state index contributed by atoms with van der Waals surface area (Å²) in [5.41, 5.74) is 2.87. The number of carbonyl (C=O) groups excluding carboxylic acids is 1. The average molecular weight is 379 g/mol. The van der Waals surface area contributed by atoms with Gasteiger partial charge in [-0.15, -0.1) is 0 Å². The number of amides is 1. The Kier molecular flexibility index (Phi) is 4.82. The van der Waals surface area contributed by atoms with E-state index in [0.717, 1.165) is 29.7 Å². The van der Waals surface area contributed by atoms with E-state index in [1.807, 2.05) is 42.5 Å². The van der Waals surface area contributed by atoms with E-state index in [4.69, 9.17) is 11.6 Å². The van der Waals surface area contributed by atoms with Crippen LogP contribution in [0.25, 0.3) is 0 Å². The van der Waals surface area contributed by atoms with Crippen molar-refractivity contribution in [2.75, 3.05) is 11.4 Å². The highest BCUT2D eigenvalue weighted by Crippen LogP contribution is 2.27. The van der Waals surface area contributed by atoms with Crippen molar-refractivity contribution in [3.63, 3.8) is 0 Å². The van der Waals surface area contributed by atoms with Gasteiger partial charge in [0.1, 0.15) is 5.56 Å². The van der Waals surface area contributed by atoms with Gasteiger partial charge in [-0.25, -0.2) is 0 Å². The maximum atomic E-state index is 13.1. The van der Waals surface area contributed by atoms with Gasteiger partial charge in [-0.2, -0.15) is 0 Å². The number of anilines is 1. The van der Waals surface area contributed by atoms with E-state index >= 15 is 0 Å². The summed E-state index contributed by atoms with van der Waals surface area (Å²) in [6.45, 7) is 0.996. The van der Waals surface area contributed by atoms with Gasteiger partial charge < -0.3 is 9.47 Å². The summed E-state index contributed by atoms with van der Waals surface area (Å²) in [6, 6.07) is 18.6. The lowest BCUT2D eigenvalue weighted by molar-refractivity contribution is 0.0983. The van der Waals surface area contributed by atoms with Gasteiger partial charge in [-0.05, 0) is 54.3 Å². The minimum atomic E-state index is -0.287. The number of carbonyl (C=O) groups is 1. The summed E-state index contributed by atoms with van der Waals surface area (Å²) in [5.74, 6) is -0.243. The van der Waals surface area contributed by atoms with Crippen molar-refractivity contribution in [1.29, 1.82) is 0 Å². The molecule has 5 heteroatoms. The number of hydrogen-bond acceptors (Lipinski definition) is 2. The van der Waals surface area contributed by atoms with Crippen LogP contribution in [-0.4, -0.2) is 17.0 Å². The van der Waals surface area contributed by atoms with Crippen molar-refractivity contribution in [1.82, 2.24) is 4.57 Å². The van der Waals surface area contributed by atoms with Crippen LogP contribution in [0.1, 0.15) is 27.9 Å². The monoisotopic (exact) mass is 378 g/mol. The molecule has 1 amide bonds. The van der Waals surface area contributed by atoms with Crippen LogP contribution in [0.4, 0.5) is 5.69 Å². The molecule has 4 nitrogen and oxygen atoms in total. The minimum Gasteiger partial charge on any atom is -0.310 e. The number of benzene rings is 2. The zero-order valence-electron chi connectivity index (χ0n) is 14.8. The molecule has 2 aromatic carbocycles. The molecular formula is C22H19ClN2O2. The highest BCUT2D eigenvalue weighted by atomic mass is 35.5. The minimum absolute atomic E-state index is 0.191. The Bertz CT molecular complexity index is 1060. The first-order valence-electron chi connectivity index (χ1n) is 8.97. The number of rotatable bonds is 3. The number of halogens is 1. The zero-order chi connectivity index (χ0) is 18.8. The zero-order valence-corrected chi connectivity index (χ0v) is 15.5. The quantitative estimate of drug-likeness (QED) is 0.687. The van der Waals surface area contributed by atoms with Crippen LogP contribution in [0.15, 0.2) is 71.7 Å². The van der Waals surface area contributed by atoms with Crippen LogP contribution >= 0.6 is 11.6 Å². The average Bonchev–Trinajstić information content (AvgIpc) is 2.69. The van der Waals surface area contributed by atoms with Gasteiger partial charge >= 0.3 is 0 Å². The van der Waals surface area contributed by atoms with Crippen molar-refractivity contribution >= 4 is 23.2 Å². The topological polar surface area (TPSA) is 42.3 Å². The fourth-order valence-corrected chi connectivity index (χ4v) is 3.76. The van der Waals surface area contributed by atoms with Crippen LogP contribution in [0.3, 0.4) is 0 Å². The summed E-state index contributed by atoms with van der Waals surface area (Å²) in [4.78, 5) is 27.8. The molecule has 2 heterocycles. The molecule has 0 saturated heterocycles. The number of fused-ring (bicyclic) bond motifs is 1. The highest BCUT2D eigenvalue weighted by molar-refractivity contribution is 6.30. The second-order valence-corrected chi connectivity index (χ2v) is 7.11. The van der Waals surface area contributed by atoms with Crippen molar-refractivity contribution in [2.45, 2.75) is 19.4 Å². The fraction of sp³-hybridized carbons (Fsp3) is 0.182. The Morgan fingerprint density at radius 3 is 2.74 bits per heavy atom. The maximum Gasteiger partial charge on any atom is 0.263 e. The molecule has 1 aliphatic heterocycles. The number of nitrogens with zero attached hydrogens (tertiary/aromatic N) is 2. The molecule has 3 aromatic rings. The van der Waals surface area contributed by atoms with E-state index in [1.54, 1.807) is 33.9 Å². The number of aromatic nitrogens is 1. The molecular weight excluding hydrogens is 360 g/mol. The molecule has 0 aliphatic carbocycles. The molecule has 27 heavy (non-hydrogen) atoms. The highest BCUT2D eigenvalue weighted by Gasteiger charge is 2.25. The molecule has 1 aromatic heterocycles. The number of pyridine rings is 1. The summed E-state index contributed by atoms with van der Waals surface area (Å²) in [6.07, 6.45) is 3.55. The first-order valence-corrected chi connectivity index (χ1v) is 9.35. The largest absolute Gasteiger partial charge is 0.310 e. The Hall–Kier alpha value is -2.85. The number of hydrogen-bond donors (Lipinski definition) is 0. The third kappa shape index (κ3) is 3.53. The SMILES string of the molecule is O=C(c1cccn(Cc2cccc(Cl)c2)c1=O)N1CCCc2ccccc21. The van der Waals surface area contributed by atoms with E-state index in [-0.39, 0.29) is 17.0 Å². The van der Waals surface area contributed by atoms with E-state index < -0.39 is 0 Å². The summed E-state index contributed by atoms with van der Waals surface area (Å²) >= 11 is 6.03. The van der Waals surface area contributed by atoms with Crippen molar-refractivity contribution in [2.24, 2.45) is 0 Å². The van der Waals surface area contributed by atoms with Crippen molar-refractivity contribution in [3.05, 3.63) is 98.9 Å². The maximum absolute atomic E-state index is 13.1. The smallest absolute Gasteiger partial charge is 0.263 e. The number of aryl methyl sites for hydroxylation is 1. The van der Waals surface area contributed by atoms with Gasteiger partial charge in [0.2, 0.25) is 0 Å². The lowest BCUT2D eigenvalue weighted by Crippen LogP contribution is -2.39. The van der Waals surface area contributed by atoms with Gasteiger partial charge in [-0.3, -0.25) is 9.59 Å². The Morgan fingerprint density at radius 2 is 1.89 bits per heavy atom. The Balaban J connectivity index is 1.67. The third-order valence-corrected chi connectivity index (χ3v) is 5.08. The molecule has 4 rings (SSSR count). The van der Waals surface area contributed by atoms with Crippen molar-refractivity contribution in [3.8, 4) is 0 Å². The molecule has 0 fully saturated rings. The molecule has 0 bridgehead atoms. The van der Waals surface area contributed by atoms with Gasteiger partial charge in [-0.1, -0.05) is 41.9 Å². The first-order chi connectivity index (χ1) is 13.1. The van der Waals surface area contributed by atoms with Crippen LogP contribution in [0.5, 0.6) is 0 Å². The van der Waals surface area contributed by atoms with E-state index in [1.165, 1.54) is 0 Å². The first kappa shape index (κ1) is 17.6. The number of para-hydroxylation sites is 1. The second-order valence-electron chi connectivity index (χ2n) is 6.67. The van der Waals surface area contributed by atoms with E-state index in [9.17, 15) is 9.59 Å². The van der Waals surface area contributed by atoms with Crippen LogP contribution in [0, 0.1) is 0 Å². The molecule has 1 aliphatic rings. The third-order valence-electron chi connectivity index (χ3n) is 4.85. The predicted octanol–water partition coefficient (Wildman–Crippen LogP) is 4.14. The van der Waals surface area contributed by atoms with Gasteiger partial charge in [0.25, 0.3) is 11.5 Å². The molecule has 0 saturated carbocycles. The summed E-state index contributed by atoms with van der Waals surface area (Å²) < 4.78 is 1.55. The van der Waals surface area contributed by atoms with Crippen LogP contribution in [0.2, 0.25) is 5.02 Å². The van der Waals surface area contributed by atoms with E-state index in [2.05, 4.69) is 0 Å². The summed E-state index contributed by atoms with van der Waals surface area (Å²) in [7, 11) is 0. The van der Waals surface area contributed by atoms with Crippen LogP contribution < -0.4 is 10.5 Å². The second kappa shape index (κ2) is 7.41. The predicted molar refractivity (Wildman–Crippen MR) is 108 cm³/mol. The molecule has 0 radical (unpaired) electrons. The van der Waals surface area contributed by atoms with Gasteiger partial charge in [0.05, 0.1) is 6.54 Å². The summed E-state index contributed by atoms with van der Waals surface area (Å²) in [5, 5.41) is 0.623. The van der Waals surface area contributed by atoms with Crippen LogP contribution in [-0.2, 0) is 13.0 Å². The Morgan fingerprint density at radius 1 is 1.04 bits per heavy atom. The molecule has 136 valence electrons. The fourth-order valence-electron chi connectivity index (χ4n) is 3.55. The van der Waals surface area contributed by atoms with Crippen molar-refractivity contribution < 1.29 is 4.79 Å². The molecule has 0 spiro atoms. The Labute approximate surface area is 162 Å². The normalized spacial score (nSPS) is 13.3. The molecule has 0 N–H and O–H groups in total. The molecule has 0 unspecified atom stereocenters. The van der Waals surface area contributed by atoms with Gasteiger partial charge in [0, 0.05) is 23.5 Å². The van der Waals surface area contributed by atoms with E-state index in [0.29, 0.717) is 18.1 Å².